The van der Waals surface area contributed by atoms with Crippen LogP contribution in [0.3, 0.4) is 0 Å². The van der Waals surface area contributed by atoms with E-state index in [9.17, 15) is 9.59 Å². The molecule has 5 heteroatoms. The van der Waals surface area contributed by atoms with Crippen LogP contribution in [0.25, 0.3) is 0 Å². The molecule has 2 amide bonds. The van der Waals surface area contributed by atoms with E-state index in [-0.39, 0.29) is 17.7 Å². The van der Waals surface area contributed by atoms with E-state index in [4.69, 9.17) is 5.26 Å². The number of amides is 2. The number of hydrogen-bond acceptors (Lipinski definition) is 3. The van der Waals surface area contributed by atoms with E-state index in [1.165, 1.54) is 0 Å². The average molecular weight is 349 g/mol. The third-order valence-corrected chi connectivity index (χ3v) is 4.32. The van der Waals surface area contributed by atoms with Crippen molar-refractivity contribution in [3.63, 3.8) is 0 Å². The Morgan fingerprint density at radius 3 is 2.31 bits per heavy atom. The second-order valence-electron chi connectivity index (χ2n) is 6.22. The Bertz CT molecular complexity index is 779. The fourth-order valence-electron chi connectivity index (χ4n) is 2.53. The molecule has 2 unspecified atom stereocenters. The zero-order chi connectivity index (χ0) is 18.9. The monoisotopic (exact) mass is 349 g/mol. The minimum atomic E-state index is -0.633. The summed E-state index contributed by atoms with van der Waals surface area (Å²) in [4.78, 5) is 25.1. The second-order valence-corrected chi connectivity index (χ2v) is 6.22. The van der Waals surface area contributed by atoms with E-state index in [2.05, 4.69) is 16.7 Å². The third kappa shape index (κ3) is 5.18. The predicted octanol–water partition coefficient (Wildman–Crippen LogP) is 3.54. The van der Waals surface area contributed by atoms with E-state index in [1.54, 1.807) is 48.5 Å². The molecule has 0 saturated heterocycles. The fourth-order valence-corrected chi connectivity index (χ4v) is 2.53. The van der Waals surface area contributed by atoms with Gasteiger partial charge in [0.25, 0.3) is 5.91 Å². The van der Waals surface area contributed by atoms with E-state index in [0.717, 1.165) is 12.0 Å². The van der Waals surface area contributed by atoms with Crippen LogP contribution in [0.1, 0.15) is 36.2 Å². The van der Waals surface area contributed by atoms with Gasteiger partial charge in [0.2, 0.25) is 5.91 Å². The first-order valence-corrected chi connectivity index (χ1v) is 8.67. The summed E-state index contributed by atoms with van der Waals surface area (Å²) in [6.45, 7) is 3.92. The average Bonchev–Trinajstić information content (AvgIpc) is 2.67. The van der Waals surface area contributed by atoms with E-state index in [0.29, 0.717) is 17.7 Å². The summed E-state index contributed by atoms with van der Waals surface area (Å²) in [5, 5.41) is 14.4. The normalized spacial score (nSPS) is 12.5. The molecule has 0 saturated carbocycles. The van der Waals surface area contributed by atoms with Crippen molar-refractivity contribution >= 4 is 17.5 Å². The van der Waals surface area contributed by atoms with Crippen molar-refractivity contribution in [2.45, 2.75) is 32.7 Å². The van der Waals surface area contributed by atoms with Crippen LogP contribution in [0.2, 0.25) is 0 Å². The third-order valence-electron chi connectivity index (χ3n) is 4.32. The topological polar surface area (TPSA) is 82.0 Å². The van der Waals surface area contributed by atoms with Gasteiger partial charge in [0, 0.05) is 11.3 Å². The van der Waals surface area contributed by atoms with Crippen LogP contribution < -0.4 is 10.6 Å². The maximum Gasteiger partial charge on any atom is 0.251 e. The van der Waals surface area contributed by atoms with Crippen molar-refractivity contribution in [1.82, 2.24) is 5.32 Å². The number of benzene rings is 2. The largest absolute Gasteiger partial charge is 0.340 e. The molecule has 0 bridgehead atoms. The van der Waals surface area contributed by atoms with E-state index >= 15 is 0 Å². The lowest BCUT2D eigenvalue weighted by Gasteiger charge is -2.23. The Morgan fingerprint density at radius 1 is 1.08 bits per heavy atom. The smallest absolute Gasteiger partial charge is 0.251 e. The van der Waals surface area contributed by atoms with Gasteiger partial charge in [-0.05, 0) is 35.7 Å². The second kappa shape index (κ2) is 9.38. The van der Waals surface area contributed by atoms with Crippen LogP contribution in [-0.2, 0) is 11.2 Å². The maximum atomic E-state index is 12.7. The van der Waals surface area contributed by atoms with Gasteiger partial charge in [-0.25, -0.2) is 0 Å². The highest BCUT2D eigenvalue weighted by molar-refractivity contribution is 6.01. The quantitative estimate of drug-likeness (QED) is 0.802. The maximum absolute atomic E-state index is 12.7. The highest BCUT2D eigenvalue weighted by atomic mass is 16.2. The summed E-state index contributed by atoms with van der Waals surface area (Å²) >= 11 is 0. The van der Waals surface area contributed by atoms with Crippen LogP contribution in [0.4, 0.5) is 5.69 Å². The Balaban J connectivity index is 2.09. The van der Waals surface area contributed by atoms with Crippen molar-refractivity contribution in [2.75, 3.05) is 5.32 Å². The van der Waals surface area contributed by atoms with Crippen molar-refractivity contribution in [2.24, 2.45) is 5.92 Å². The van der Waals surface area contributed by atoms with E-state index < -0.39 is 6.04 Å². The van der Waals surface area contributed by atoms with Crippen LogP contribution in [0.5, 0.6) is 0 Å². The van der Waals surface area contributed by atoms with Crippen molar-refractivity contribution in [3.8, 4) is 6.07 Å². The molecule has 0 aliphatic heterocycles. The summed E-state index contributed by atoms with van der Waals surface area (Å²) in [6.07, 6.45) is 1.09. The zero-order valence-electron chi connectivity index (χ0n) is 15.0. The molecule has 26 heavy (non-hydrogen) atoms. The number of anilines is 1. The molecule has 2 N–H and O–H groups in total. The number of hydrogen-bond donors (Lipinski definition) is 2. The van der Waals surface area contributed by atoms with Gasteiger partial charge < -0.3 is 10.6 Å². The van der Waals surface area contributed by atoms with E-state index in [1.807, 2.05) is 19.9 Å². The number of nitrogens with zero attached hydrogens (tertiary/aromatic N) is 1. The number of rotatable bonds is 7. The SMILES string of the molecule is CCC(C)C(NC(=O)c1ccccc1)C(=O)Nc1ccc(CC#N)cc1. The van der Waals surface area contributed by atoms with Crippen LogP contribution in [0.15, 0.2) is 54.6 Å². The van der Waals surface area contributed by atoms with Gasteiger partial charge in [0.15, 0.2) is 0 Å². The molecule has 0 aromatic heterocycles. The first-order valence-electron chi connectivity index (χ1n) is 8.67. The van der Waals surface area contributed by atoms with Gasteiger partial charge >= 0.3 is 0 Å². The van der Waals surface area contributed by atoms with Gasteiger partial charge in [0.05, 0.1) is 12.5 Å². The highest BCUT2D eigenvalue weighted by Crippen LogP contribution is 2.14. The Morgan fingerprint density at radius 2 is 1.73 bits per heavy atom. The molecular formula is C21H23N3O2. The summed E-state index contributed by atoms with van der Waals surface area (Å²) in [6, 6.07) is 17.4. The highest BCUT2D eigenvalue weighted by Gasteiger charge is 2.26. The zero-order valence-corrected chi connectivity index (χ0v) is 15.0. The number of nitriles is 1. The summed E-state index contributed by atoms with van der Waals surface area (Å²) in [7, 11) is 0. The molecule has 2 aromatic rings. The lowest BCUT2D eigenvalue weighted by Crippen LogP contribution is -2.47. The number of nitrogens with one attached hydrogen (secondary N) is 2. The Labute approximate surface area is 154 Å². The lowest BCUT2D eigenvalue weighted by atomic mass is 9.97. The molecule has 2 atom stereocenters. The Hall–Kier alpha value is -3.13. The molecule has 134 valence electrons. The fraction of sp³-hybridized carbons (Fsp3) is 0.286. The lowest BCUT2D eigenvalue weighted by molar-refractivity contribution is -0.119. The first-order chi connectivity index (χ1) is 12.5. The summed E-state index contributed by atoms with van der Waals surface area (Å²) < 4.78 is 0. The summed E-state index contributed by atoms with van der Waals surface area (Å²) in [5.74, 6) is -0.535. The van der Waals surface area contributed by atoms with Gasteiger partial charge in [-0.1, -0.05) is 50.6 Å². The molecule has 2 aromatic carbocycles. The van der Waals surface area contributed by atoms with Crippen molar-refractivity contribution in [3.05, 3.63) is 65.7 Å². The molecule has 0 fully saturated rings. The van der Waals surface area contributed by atoms with Crippen LogP contribution in [-0.4, -0.2) is 17.9 Å². The van der Waals surface area contributed by atoms with Crippen LogP contribution in [0, 0.1) is 17.2 Å². The molecule has 0 aliphatic rings. The minimum absolute atomic E-state index is 0.0134. The number of carbonyl (C=O) groups excluding carboxylic acids is 2. The summed E-state index contributed by atoms with van der Waals surface area (Å²) in [5.41, 5.74) is 2.05. The van der Waals surface area contributed by atoms with Gasteiger partial charge in [-0.15, -0.1) is 0 Å². The first kappa shape index (κ1) is 19.2. The van der Waals surface area contributed by atoms with Crippen molar-refractivity contribution in [1.29, 1.82) is 5.26 Å². The molecule has 0 spiro atoms. The Kier molecular flexibility index (Phi) is 6.92. The van der Waals surface area contributed by atoms with Crippen LogP contribution >= 0.6 is 0 Å². The molecule has 2 rings (SSSR count). The molecule has 0 heterocycles. The standard InChI is InChI=1S/C21H23N3O2/c1-3-15(2)19(24-20(25)17-7-5-4-6-8-17)21(26)23-18-11-9-16(10-12-18)13-14-22/h4-12,15,19H,3,13H2,1-2H3,(H,23,26)(H,24,25). The predicted molar refractivity (Wildman–Crippen MR) is 102 cm³/mol. The molecule has 0 radical (unpaired) electrons. The van der Waals surface area contributed by atoms with Crippen molar-refractivity contribution < 1.29 is 9.59 Å². The molecular weight excluding hydrogens is 326 g/mol. The molecule has 0 aliphatic carbocycles. The number of carbonyl (C=O) groups is 2. The van der Waals surface area contributed by atoms with Gasteiger partial charge in [-0.3, -0.25) is 9.59 Å². The minimum Gasteiger partial charge on any atom is -0.340 e. The van der Waals surface area contributed by atoms with Gasteiger partial charge in [-0.2, -0.15) is 5.26 Å². The van der Waals surface area contributed by atoms with Gasteiger partial charge in [0.1, 0.15) is 6.04 Å². The molecule has 5 nitrogen and oxygen atoms in total.